The number of furan rings is 1. The minimum Gasteiger partial charge on any atom is -0.472 e. The molecule has 1 saturated heterocycles. The van der Waals surface area contributed by atoms with Crippen molar-refractivity contribution >= 4 is 29.6 Å². The maximum atomic E-state index is 14.9. The second-order valence-corrected chi connectivity index (χ2v) is 17.4. The molecule has 1 aromatic carbocycles. The second kappa shape index (κ2) is 14.2. The Labute approximate surface area is 324 Å². The van der Waals surface area contributed by atoms with Crippen molar-refractivity contribution in [2.75, 3.05) is 6.61 Å². The number of rotatable bonds is 8. The Morgan fingerprint density at radius 1 is 1.00 bits per heavy atom. The topological polar surface area (TPSA) is 228 Å². The highest BCUT2D eigenvalue weighted by Gasteiger charge is 2.78. The molecule has 15 heteroatoms. The lowest BCUT2D eigenvalue weighted by Gasteiger charge is -2.67. The predicted octanol–water partition coefficient (Wildman–Crippen LogP) is 2.43. The van der Waals surface area contributed by atoms with E-state index in [2.05, 4.69) is 5.32 Å². The molecule has 4 aliphatic rings. The summed E-state index contributed by atoms with van der Waals surface area (Å²) < 4.78 is 29.1. The van der Waals surface area contributed by atoms with Crippen molar-refractivity contribution in [3.8, 4) is 0 Å². The van der Waals surface area contributed by atoms with Crippen molar-refractivity contribution < 1.29 is 67.8 Å². The number of amides is 1. The molecule has 2 saturated carbocycles. The molecule has 3 aliphatic carbocycles. The van der Waals surface area contributed by atoms with Crippen molar-refractivity contribution in [2.24, 2.45) is 22.2 Å². The van der Waals surface area contributed by atoms with Crippen LogP contribution in [0.1, 0.15) is 88.9 Å². The first-order valence-electron chi connectivity index (χ1n) is 18.6. The van der Waals surface area contributed by atoms with E-state index in [1.165, 1.54) is 44.6 Å². The Morgan fingerprint density at radius 3 is 2.21 bits per heavy atom. The van der Waals surface area contributed by atoms with E-state index in [1.807, 2.05) is 0 Å². The standard InChI is InChI=1S/C41H51NO14/c1-20-24(54-36(50)29(46)31(37(3,4)5)42-34(48)23-14-15-52-18-23)17-41(51)33(55-35(49)22-12-10-9-11-13-22)30-39(8,32(47)28(45)27(20)38(41,6)7)25(44)16-26-40(30,19-53-26)56-21(2)43/h9-15,18,24-26,28-31,33,44-46,51H,16-17,19H2,1-8H3,(H,42,48)/t24-,25-,26+,28+,29+,30-,31+,33-,39+,40-,41+/m0/s1. The summed E-state index contributed by atoms with van der Waals surface area (Å²) in [5.41, 5.74) is -8.21. The molecule has 304 valence electrons. The molecule has 1 aromatic heterocycles. The number of carbonyl (C=O) groups is 5. The molecule has 15 nitrogen and oxygen atoms in total. The van der Waals surface area contributed by atoms with Crippen LogP contribution >= 0.6 is 0 Å². The average Bonchev–Trinajstić information content (AvgIpc) is 3.67. The summed E-state index contributed by atoms with van der Waals surface area (Å²) in [7, 11) is 0. The lowest BCUT2D eigenvalue weighted by atomic mass is 9.44. The van der Waals surface area contributed by atoms with Gasteiger partial charge in [0, 0.05) is 25.2 Å². The van der Waals surface area contributed by atoms with Crippen LogP contribution in [-0.4, -0.2) is 110 Å². The van der Waals surface area contributed by atoms with E-state index in [-0.39, 0.29) is 35.3 Å². The van der Waals surface area contributed by atoms with Gasteiger partial charge < -0.3 is 49.1 Å². The van der Waals surface area contributed by atoms with Gasteiger partial charge in [-0.15, -0.1) is 0 Å². The zero-order valence-corrected chi connectivity index (χ0v) is 32.7. The first-order valence-corrected chi connectivity index (χ1v) is 18.6. The van der Waals surface area contributed by atoms with Crippen molar-refractivity contribution in [3.63, 3.8) is 0 Å². The molecular formula is C41H51NO14. The third kappa shape index (κ3) is 6.37. The van der Waals surface area contributed by atoms with Gasteiger partial charge in [-0.05, 0) is 48.6 Å². The van der Waals surface area contributed by atoms with E-state index in [0.29, 0.717) is 0 Å². The highest BCUT2D eigenvalue weighted by molar-refractivity contribution is 5.95. The van der Waals surface area contributed by atoms with Crippen molar-refractivity contribution in [1.29, 1.82) is 0 Å². The predicted molar refractivity (Wildman–Crippen MR) is 194 cm³/mol. The number of aliphatic hydroxyl groups excluding tert-OH is 3. The highest BCUT2D eigenvalue weighted by Crippen LogP contribution is 2.64. The van der Waals surface area contributed by atoms with Crippen LogP contribution in [0.3, 0.4) is 0 Å². The quantitative estimate of drug-likeness (QED) is 0.147. The number of aliphatic hydroxyl groups is 4. The number of benzene rings is 1. The first-order chi connectivity index (χ1) is 26.0. The Kier molecular flexibility index (Phi) is 10.5. The summed E-state index contributed by atoms with van der Waals surface area (Å²) >= 11 is 0. The number of esters is 3. The molecule has 0 unspecified atom stereocenters. The Balaban J connectivity index is 1.49. The normalized spacial score (nSPS) is 34.6. The Hall–Kier alpha value is -4.41. The van der Waals surface area contributed by atoms with Crippen LogP contribution in [0, 0.1) is 22.2 Å². The molecule has 1 amide bonds. The van der Waals surface area contributed by atoms with E-state index in [4.69, 9.17) is 23.4 Å². The SMILES string of the molecule is CC(=O)O[C@@]12CO[C@@H]1C[C@H](O)[C@@]1(C)C(=O)[C@H](O)C3=C(C)[C@@H](OC(=O)[C@H](O)[C@@H](NC(=O)c4ccoc4)C(C)(C)C)C[C@@](O)([C@@H](OC(=O)c4ccccc4)[C@H]21)C3(C)C. The Bertz CT molecular complexity index is 1920. The lowest BCUT2D eigenvalue weighted by molar-refractivity contribution is -0.346. The monoisotopic (exact) mass is 781 g/mol. The van der Waals surface area contributed by atoms with Gasteiger partial charge in [0.15, 0.2) is 17.5 Å². The van der Waals surface area contributed by atoms with E-state index in [1.54, 1.807) is 52.8 Å². The van der Waals surface area contributed by atoms with Gasteiger partial charge >= 0.3 is 17.9 Å². The molecule has 11 atom stereocenters. The fourth-order valence-electron chi connectivity index (χ4n) is 9.51. The van der Waals surface area contributed by atoms with Gasteiger partial charge in [0.25, 0.3) is 5.91 Å². The van der Waals surface area contributed by atoms with Crippen LogP contribution in [0.15, 0.2) is 64.5 Å². The zero-order chi connectivity index (χ0) is 41.3. The summed E-state index contributed by atoms with van der Waals surface area (Å²) in [5, 5.41) is 51.5. The van der Waals surface area contributed by atoms with E-state index >= 15 is 0 Å². The number of nitrogens with one attached hydrogen (secondary N) is 1. The maximum Gasteiger partial charge on any atom is 0.338 e. The largest absolute Gasteiger partial charge is 0.472 e. The van der Waals surface area contributed by atoms with Crippen molar-refractivity contribution in [2.45, 2.75) is 122 Å². The maximum absolute atomic E-state index is 14.9. The lowest BCUT2D eigenvalue weighted by Crippen LogP contribution is -2.81. The molecule has 1 aliphatic heterocycles. The molecule has 56 heavy (non-hydrogen) atoms. The van der Waals surface area contributed by atoms with Crippen LogP contribution in [0.4, 0.5) is 0 Å². The van der Waals surface area contributed by atoms with Gasteiger partial charge in [0.2, 0.25) is 0 Å². The van der Waals surface area contributed by atoms with Crippen LogP contribution in [0.25, 0.3) is 0 Å². The number of carbonyl (C=O) groups excluding carboxylic acids is 5. The van der Waals surface area contributed by atoms with Crippen molar-refractivity contribution in [1.82, 2.24) is 5.32 Å². The molecule has 0 spiro atoms. The fourth-order valence-corrected chi connectivity index (χ4v) is 9.51. The molecule has 5 N–H and O–H groups in total. The fraction of sp³-hybridized carbons (Fsp3) is 0.585. The van der Waals surface area contributed by atoms with Crippen LogP contribution in [-0.2, 0) is 33.3 Å². The number of hydrogen-bond acceptors (Lipinski definition) is 14. The number of ether oxygens (including phenoxy) is 4. The van der Waals surface area contributed by atoms with Gasteiger partial charge in [0.05, 0.1) is 47.5 Å². The third-order valence-corrected chi connectivity index (χ3v) is 12.7. The van der Waals surface area contributed by atoms with Gasteiger partial charge in [0.1, 0.15) is 36.3 Å². The Morgan fingerprint density at radius 2 is 1.66 bits per heavy atom. The smallest absolute Gasteiger partial charge is 0.338 e. The number of fused-ring (bicyclic) bond motifs is 5. The summed E-state index contributed by atoms with van der Waals surface area (Å²) in [6, 6.07) is 8.08. The van der Waals surface area contributed by atoms with E-state index in [0.717, 1.165) is 6.92 Å². The van der Waals surface area contributed by atoms with E-state index < -0.39 is 112 Å². The highest BCUT2D eigenvalue weighted by atomic mass is 16.6. The molecule has 2 bridgehead atoms. The minimum atomic E-state index is -2.33. The zero-order valence-electron chi connectivity index (χ0n) is 32.7. The van der Waals surface area contributed by atoms with Crippen LogP contribution in [0.5, 0.6) is 0 Å². The molecule has 0 radical (unpaired) electrons. The number of hydrogen-bond donors (Lipinski definition) is 5. The minimum absolute atomic E-state index is 0.0506. The summed E-state index contributed by atoms with van der Waals surface area (Å²) in [6.45, 7) is 12.0. The molecule has 3 fully saturated rings. The average molecular weight is 782 g/mol. The first kappa shape index (κ1) is 41.2. The molecule has 2 aromatic rings. The number of ketones is 1. The van der Waals surface area contributed by atoms with Crippen LogP contribution in [0.2, 0.25) is 0 Å². The second-order valence-electron chi connectivity index (χ2n) is 17.4. The van der Waals surface area contributed by atoms with Gasteiger partial charge in [-0.1, -0.05) is 52.8 Å². The summed E-state index contributed by atoms with van der Waals surface area (Å²) in [6.07, 6.45) is -7.86. The van der Waals surface area contributed by atoms with E-state index in [9.17, 15) is 44.4 Å². The molecule has 6 rings (SSSR count). The summed E-state index contributed by atoms with van der Waals surface area (Å²) in [5.74, 6) is -5.91. The van der Waals surface area contributed by atoms with Gasteiger partial charge in [-0.2, -0.15) is 0 Å². The van der Waals surface area contributed by atoms with Crippen LogP contribution < -0.4 is 5.32 Å². The van der Waals surface area contributed by atoms with Gasteiger partial charge in [-0.25, -0.2) is 9.59 Å². The van der Waals surface area contributed by atoms with Gasteiger partial charge in [-0.3, -0.25) is 14.4 Å². The number of Topliss-reactive ketones (excluding diaryl/α,β-unsaturated/α-hetero) is 1. The molecule has 2 heterocycles. The third-order valence-electron chi connectivity index (χ3n) is 12.7. The molecular weight excluding hydrogens is 730 g/mol. The van der Waals surface area contributed by atoms with Crippen molar-refractivity contribution in [3.05, 3.63) is 71.2 Å². The summed E-state index contributed by atoms with van der Waals surface area (Å²) in [4.78, 5) is 68.8.